The molecule has 0 spiro atoms. The molecule has 0 aliphatic carbocycles. The Morgan fingerprint density at radius 2 is 1.29 bits per heavy atom. The second kappa shape index (κ2) is 21.0. The number of ketones is 1. The van der Waals surface area contributed by atoms with Crippen LogP contribution in [0.2, 0.25) is 0 Å². The standard InChI is InChI=1S/C43H65N5O9S2/c1-29-12-18-37(19-13-29)58(52,53)27-36(28-59(54,55)43(9,10)11)40(50)34-14-16-35(17-15-34)41(51)45-22-33(5)56-25-30(2)20-39(49)44-21-32(4)57-26-31(3)23-48-24-38(46-47-48)42(6,7)8/h12-19,24,30-33,36H,20-23,25-28H2,1-11H3,(H,44,49)(H,45,51). The number of Topliss-reactive ketones (excluding diaryl/α,β-unsaturated/α-hetero) is 1. The van der Waals surface area contributed by atoms with Crippen molar-refractivity contribution in [2.24, 2.45) is 17.8 Å². The third-order valence-electron chi connectivity index (χ3n) is 9.76. The molecule has 0 bridgehead atoms. The van der Waals surface area contributed by atoms with Crippen molar-refractivity contribution in [2.45, 2.75) is 116 Å². The van der Waals surface area contributed by atoms with Crippen LogP contribution in [0.1, 0.15) is 108 Å². The molecule has 3 aromatic rings. The van der Waals surface area contributed by atoms with Crippen molar-refractivity contribution >= 4 is 37.3 Å². The summed E-state index contributed by atoms with van der Waals surface area (Å²) in [5.74, 6) is -3.75. The molecule has 5 unspecified atom stereocenters. The molecular formula is C43H65N5O9S2. The van der Waals surface area contributed by atoms with E-state index in [2.05, 4.69) is 48.6 Å². The highest BCUT2D eigenvalue weighted by atomic mass is 32.2. The first-order valence-corrected chi connectivity index (χ1v) is 23.4. The molecule has 0 radical (unpaired) electrons. The summed E-state index contributed by atoms with van der Waals surface area (Å²) in [6.45, 7) is 22.4. The fourth-order valence-electron chi connectivity index (χ4n) is 5.76. The number of carbonyl (C=O) groups excluding carboxylic acids is 3. The van der Waals surface area contributed by atoms with Gasteiger partial charge in [0.25, 0.3) is 5.91 Å². The van der Waals surface area contributed by atoms with Crippen LogP contribution in [-0.4, -0.2) is 104 Å². The van der Waals surface area contributed by atoms with Crippen molar-refractivity contribution in [3.63, 3.8) is 0 Å². The van der Waals surface area contributed by atoms with Crippen LogP contribution in [0.4, 0.5) is 0 Å². The van der Waals surface area contributed by atoms with Crippen molar-refractivity contribution in [1.29, 1.82) is 0 Å². The molecule has 0 saturated carbocycles. The molecule has 3 rings (SSSR count). The fraction of sp³-hybridized carbons (Fsp3) is 0.605. The number of aryl methyl sites for hydroxylation is 1. The molecule has 0 aliphatic heterocycles. The molecule has 2 amide bonds. The van der Waals surface area contributed by atoms with Crippen LogP contribution in [0, 0.1) is 24.7 Å². The number of aromatic nitrogens is 3. The second-order valence-corrected chi connectivity index (χ2v) is 22.7. The van der Waals surface area contributed by atoms with Gasteiger partial charge in [-0.15, -0.1) is 5.10 Å². The van der Waals surface area contributed by atoms with Gasteiger partial charge in [0.15, 0.2) is 25.5 Å². The van der Waals surface area contributed by atoms with Gasteiger partial charge in [-0.25, -0.2) is 16.8 Å². The number of ether oxygens (including phenoxy) is 2. The smallest absolute Gasteiger partial charge is 0.251 e. The zero-order chi connectivity index (χ0) is 44.3. The molecule has 14 nitrogen and oxygen atoms in total. The number of amides is 2. The van der Waals surface area contributed by atoms with Crippen LogP contribution in [0.25, 0.3) is 0 Å². The van der Waals surface area contributed by atoms with Gasteiger partial charge in [-0.1, -0.05) is 69.7 Å². The van der Waals surface area contributed by atoms with Gasteiger partial charge >= 0.3 is 0 Å². The van der Waals surface area contributed by atoms with E-state index < -0.39 is 53.5 Å². The van der Waals surface area contributed by atoms with Crippen molar-refractivity contribution in [2.75, 3.05) is 37.8 Å². The summed E-state index contributed by atoms with van der Waals surface area (Å²) in [4.78, 5) is 39.3. The van der Waals surface area contributed by atoms with Crippen LogP contribution in [0.3, 0.4) is 0 Å². The quantitative estimate of drug-likeness (QED) is 0.123. The molecule has 16 heteroatoms. The van der Waals surface area contributed by atoms with E-state index in [4.69, 9.17) is 9.47 Å². The number of sulfone groups is 2. The van der Waals surface area contributed by atoms with E-state index in [1.807, 2.05) is 31.6 Å². The van der Waals surface area contributed by atoms with E-state index in [-0.39, 0.29) is 64.4 Å². The number of carbonyl (C=O) groups is 3. The zero-order valence-corrected chi connectivity index (χ0v) is 38.2. The molecule has 5 atom stereocenters. The summed E-state index contributed by atoms with van der Waals surface area (Å²) in [7, 11) is -7.89. The maximum absolute atomic E-state index is 13.7. The Morgan fingerprint density at radius 1 is 0.746 bits per heavy atom. The summed E-state index contributed by atoms with van der Waals surface area (Å²) < 4.78 is 65.5. The monoisotopic (exact) mass is 859 g/mol. The average Bonchev–Trinajstić information content (AvgIpc) is 3.63. The lowest BCUT2D eigenvalue weighted by atomic mass is 9.93. The van der Waals surface area contributed by atoms with E-state index in [1.54, 1.807) is 19.1 Å². The van der Waals surface area contributed by atoms with E-state index in [9.17, 15) is 31.2 Å². The van der Waals surface area contributed by atoms with Crippen molar-refractivity contribution < 1.29 is 40.7 Å². The summed E-state index contributed by atoms with van der Waals surface area (Å²) >= 11 is 0. The van der Waals surface area contributed by atoms with Crippen molar-refractivity contribution in [1.82, 2.24) is 25.6 Å². The molecule has 0 saturated heterocycles. The van der Waals surface area contributed by atoms with E-state index in [0.29, 0.717) is 26.3 Å². The number of rotatable bonds is 22. The van der Waals surface area contributed by atoms with Crippen LogP contribution >= 0.6 is 0 Å². The van der Waals surface area contributed by atoms with E-state index >= 15 is 0 Å². The molecule has 0 fully saturated rings. The molecule has 1 heterocycles. The van der Waals surface area contributed by atoms with Gasteiger partial charge in [0, 0.05) is 48.8 Å². The first kappa shape index (κ1) is 49.4. The number of nitrogens with zero attached hydrogens (tertiary/aromatic N) is 3. The minimum atomic E-state index is -4.01. The Morgan fingerprint density at radius 3 is 1.83 bits per heavy atom. The SMILES string of the molecule is Cc1ccc(S(=O)(=O)CC(CS(=O)(=O)C(C)(C)C)C(=O)c2ccc(C(=O)NCC(C)OCC(C)CC(=O)NCC(C)OCC(C)Cn3cc(C(C)(C)C)nn3)cc2)cc1. The van der Waals surface area contributed by atoms with E-state index in [0.717, 1.165) is 11.3 Å². The lowest BCUT2D eigenvalue weighted by Gasteiger charge is -2.23. The van der Waals surface area contributed by atoms with Crippen molar-refractivity contribution in [3.05, 3.63) is 77.1 Å². The van der Waals surface area contributed by atoms with Gasteiger partial charge in [0.05, 0.1) is 58.2 Å². The topological polar surface area (TPSA) is 193 Å². The van der Waals surface area contributed by atoms with Gasteiger partial charge in [-0.05, 0) is 77.6 Å². The lowest BCUT2D eigenvalue weighted by molar-refractivity contribution is -0.123. The van der Waals surface area contributed by atoms with E-state index in [1.165, 1.54) is 57.2 Å². The molecule has 2 N–H and O–H groups in total. The van der Waals surface area contributed by atoms with Crippen LogP contribution in [-0.2, 0) is 45.9 Å². The van der Waals surface area contributed by atoms with Crippen molar-refractivity contribution in [3.8, 4) is 0 Å². The maximum atomic E-state index is 13.7. The molecule has 328 valence electrons. The molecule has 1 aromatic heterocycles. The number of benzene rings is 2. The first-order valence-electron chi connectivity index (χ1n) is 20.1. The zero-order valence-electron chi connectivity index (χ0n) is 36.6. The van der Waals surface area contributed by atoms with Gasteiger partial charge in [-0.3, -0.25) is 19.1 Å². The Kier molecular flexibility index (Phi) is 17.6. The maximum Gasteiger partial charge on any atom is 0.251 e. The van der Waals surface area contributed by atoms with Gasteiger partial charge in [0.1, 0.15) is 0 Å². The minimum Gasteiger partial charge on any atom is -0.376 e. The predicted octanol–water partition coefficient (Wildman–Crippen LogP) is 5.39. The molecule has 2 aromatic carbocycles. The Labute approximate surface area is 351 Å². The largest absolute Gasteiger partial charge is 0.376 e. The summed E-state index contributed by atoms with van der Waals surface area (Å²) in [5, 5.41) is 14.2. The molecular weight excluding hydrogens is 795 g/mol. The Balaban J connectivity index is 1.44. The van der Waals surface area contributed by atoms with Crippen LogP contribution < -0.4 is 10.6 Å². The van der Waals surface area contributed by atoms with Crippen LogP contribution in [0.5, 0.6) is 0 Å². The lowest BCUT2D eigenvalue weighted by Crippen LogP contribution is -2.38. The summed E-state index contributed by atoms with van der Waals surface area (Å²) in [6, 6.07) is 11.8. The summed E-state index contributed by atoms with van der Waals surface area (Å²) in [6.07, 6.45) is 1.69. The Hall–Kier alpha value is -3.99. The number of hydrogen-bond donors (Lipinski definition) is 2. The first-order chi connectivity index (χ1) is 27.3. The van der Waals surface area contributed by atoms with Gasteiger partial charge in [-0.2, -0.15) is 0 Å². The average molecular weight is 860 g/mol. The summed E-state index contributed by atoms with van der Waals surface area (Å²) in [5.41, 5.74) is 2.07. The predicted molar refractivity (Wildman–Crippen MR) is 229 cm³/mol. The highest BCUT2D eigenvalue weighted by Crippen LogP contribution is 2.25. The number of nitrogens with one attached hydrogen (secondary N) is 2. The highest BCUT2D eigenvalue weighted by molar-refractivity contribution is 7.93. The fourth-order valence-corrected chi connectivity index (χ4v) is 8.75. The third kappa shape index (κ3) is 15.8. The van der Waals surface area contributed by atoms with Gasteiger partial charge in [0.2, 0.25) is 5.91 Å². The van der Waals surface area contributed by atoms with Crippen LogP contribution in [0.15, 0.2) is 59.6 Å². The number of hydrogen-bond acceptors (Lipinski definition) is 11. The molecule has 59 heavy (non-hydrogen) atoms. The normalized spacial score (nSPS) is 15.2. The minimum absolute atomic E-state index is 0.00250. The second-order valence-electron chi connectivity index (χ2n) is 17.9. The third-order valence-corrected chi connectivity index (χ3v) is 14.3. The molecule has 0 aliphatic rings. The highest BCUT2D eigenvalue weighted by Gasteiger charge is 2.37. The van der Waals surface area contributed by atoms with Gasteiger partial charge < -0.3 is 20.1 Å². The Bertz CT molecular complexity index is 2070.